The Labute approximate surface area is 122 Å². The van der Waals surface area contributed by atoms with E-state index in [1.54, 1.807) is 31.2 Å². The van der Waals surface area contributed by atoms with E-state index in [1.807, 2.05) is 6.92 Å². The van der Waals surface area contributed by atoms with Gasteiger partial charge >= 0.3 is 11.9 Å². The van der Waals surface area contributed by atoms with Crippen LogP contribution in [0.2, 0.25) is 0 Å². The summed E-state index contributed by atoms with van der Waals surface area (Å²) in [6, 6.07) is 6.87. The van der Waals surface area contributed by atoms with Crippen LogP contribution in [-0.2, 0) is 14.4 Å². The zero-order valence-corrected chi connectivity index (χ0v) is 12.1. The van der Waals surface area contributed by atoms with Crippen LogP contribution in [0.1, 0.15) is 35.7 Å². The summed E-state index contributed by atoms with van der Waals surface area (Å²) in [5.74, 6) is -1.04. The number of hydrogen-bond donors (Lipinski definition) is 1. The van der Waals surface area contributed by atoms with Crippen LogP contribution in [0.3, 0.4) is 0 Å². The lowest BCUT2D eigenvalue weighted by molar-refractivity contribution is -0.146. The molecule has 6 nitrogen and oxygen atoms in total. The fourth-order valence-corrected chi connectivity index (χ4v) is 1.88. The molecule has 21 heavy (non-hydrogen) atoms. The molecule has 0 aromatic heterocycles. The lowest BCUT2D eigenvalue weighted by atomic mass is 10.1. The van der Waals surface area contributed by atoms with E-state index in [4.69, 9.17) is 15.3 Å². The number of nitrogens with two attached hydrogens (primary N) is 1. The Balaban J connectivity index is 2.02. The summed E-state index contributed by atoms with van der Waals surface area (Å²) in [4.78, 5) is 28.4. The number of esters is 1. The maximum absolute atomic E-state index is 11.8. The molecule has 0 saturated heterocycles. The first-order valence-electron chi connectivity index (χ1n) is 6.79. The van der Waals surface area contributed by atoms with Crippen LogP contribution in [0.4, 0.5) is 0 Å². The minimum atomic E-state index is -0.913. The number of ether oxygens (including phenoxy) is 1. The normalized spacial score (nSPS) is 16.2. The fourth-order valence-electron chi connectivity index (χ4n) is 1.88. The lowest BCUT2D eigenvalue weighted by Gasteiger charge is -2.12. The van der Waals surface area contributed by atoms with Gasteiger partial charge in [-0.25, -0.2) is 4.79 Å². The van der Waals surface area contributed by atoms with E-state index in [2.05, 4.69) is 5.16 Å². The molecule has 2 rings (SSSR count). The zero-order chi connectivity index (χ0) is 15.5. The third-order valence-electron chi connectivity index (χ3n) is 3.42. The van der Waals surface area contributed by atoms with E-state index in [1.165, 1.54) is 0 Å². The largest absolute Gasteiger partial charge is 0.465 e. The second kappa shape index (κ2) is 5.95. The Morgan fingerprint density at radius 2 is 1.90 bits per heavy atom. The summed E-state index contributed by atoms with van der Waals surface area (Å²) in [5, 5.41) is 3.60. The molecule has 0 unspecified atom stereocenters. The van der Waals surface area contributed by atoms with Gasteiger partial charge in [-0.1, -0.05) is 22.9 Å². The highest BCUT2D eigenvalue weighted by atomic mass is 16.7. The zero-order valence-electron chi connectivity index (χ0n) is 12.1. The molecule has 0 spiro atoms. The summed E-state index contributed by atoms with van der Waals surface area (Å²) in [7, 11) is 0. The van der Waals surface area contributed by atoms with Gasteiger partial charge in [-0.2, -0.15) is 0 Å². The van der Waals surface area contributed by atoms with Crippen molar-refractivity contribution in [2.24, 2.45) is 16.3 Å². The minimum absolute atomic E-state index is 0.0126. The van der Waals surface area contributed by atoms with Gasteiger partial charge in [0.2, 0.25) is 0 Å². The molecule has 2 N–H and O–H groups in total. The Kier molecular flexibility index (Phi) is 4.26. The van der Waals surface area contributed by atoms with Crippen LogP contribution in [-0.4, -0.2) is 24.4 Å². The second-order valence-electron chi connectivity index (χ2n) is 5.02. The molecule has 6 heteroatoms. The van der Waals surface area contributed by atoms with Crippen molar-refractivity contribution in [2.75, 3.05) is 6.61 Å². The first-order chi connectivity index (χ1) is 9.99. The van der Waals surface area contributed by atoms with Gasteiger partial charge in [0.1, 0.15) is 5.41 Å². The molecular formula is C15H18N2O4. The third-order valence-corrected chi connectivity index (χ3v) is 3.42. The van der Waals surface area contributed by atoms with Crippen LogP contribution < -0.4 is 5.73 Å². The number of amidine groups is 1. The highest BCUT2D eigenvalue weighted by Crippen LogP contribution is 2.47. The lowest BCUT2D eigenvalue weighted by Crippen LogP contribution is -2.34. The number of hydrogen-bond acceptors (Lipinski definition) is 5. The molecular weight excluding hydrogens is 272 g/mol. The van der Waals surface area contributed by atoms with Gasteiger partial charge in [0.25, 0.3) is 0 Å². The van der Waals surface area contributed by atoms with E-state index >= 15 is 0 Å². The summed E-state index contributed by atoms with van der Waals surface area (Å²) < 4.78 is 4.95. The molecule has 1 aliphatic rings. The second-order valence-corrected chi connectivity index (χ2v) is 5.02. The quantitative estimate of drug-likeness (QED) is 0.293. The molecule has 0 aliphatic heterocycles. The Morgan fingerprint density at radius 3 is 2.43 bits per heavy atom. The standard InChI is InChI=1S/C15H18N2O4/c1-3-20-14(19)15(8-9-15)13(16)17-21-12(18)11-6-4-10(2)5-7-11/h4-7H,3,8-9H2,1-2H3,(H2,16,17). The van der Waals surface area contributed by atoms with E-state index in [0.717, 1.165) is 5.56 Å². The number of nitrogens with zero attached hydrogens (tertiary/aromatic N) is 1. The van der Waals surface area contributed by atoms with Gasteiger partial charge in [-0.15, -0.1) is 0 Å². The number of benzene rings is 1. The van der Waals surface area contributed by atoms with Crippen molar-refractivity contribution in [3.63, 3.8) is 0 Å². The average Bonchev–Trinajstić information content (AvgIpc) is 3.27. The maximum atomic E-state index is 11.8. The molecule has 0 amide bonds. The van der Waals surface area contributed by atoms with E-state index in [-0.39, 0.29) is 12.4 Å². The molecule has 0 atom stereocenters. The van der Waals surface area contributed by atoms with Crippen molar-refractivity contribution < 1.29 is 19.2 Å². The average molecular weight is 290 g/mol. The van der Waals surface area contributed by atoms with Crippen LogP contribution >= 0.6 is 0 Å². The van der Waals surface area contributed by atoms with Crippen LogP contribution in [0, 0.1) is 12.3 Å². The van der Waals surface area contributed by atoms with E-state index in [9.17, 15) is 9.59 Å². The number of carbonyl (C=O) groups is 2. The van der Waals surface area contributed by atoms with Gasteiger partial charge in [0, 0.05) is 0 Å². The van der Waals surface area contributed by atoms with Gasteiger partial charge in [-0.05, 0) is 38.8 Å². The molecule has 1 saturated carbocycles. The minimum Gasteiger partial charge on any atom is -0.465 e. The van der Waals surface area contributed by atoms with E-state index in [0.29, 0.717) is 18.4 Å². The predicted octanol–water partition coefficient (Wildman–Crippen LogP) is 1.77. The highest BCUT2D eigenvalue weighted by molar-refractivity contribution is 6.07. The van der Waals surface area contributed by atoms with Gasteiger partial charge < -0.3 is 15.3 Å². The third kappa shape index (κ3) is 3.21. The van der Waals surface area contributed by atoms with Gasteiger partial charge in [0.05, 0.1) is 12.2 Å². The summed E-state index contributed by atoms with van der Waals surface area (Å²) >= 11 is 0. The van der Waals surface area contributed by atoms with Crippen molar-refractivity contribution in [1.82, 2.24) is 0 Å². The summed E-state index contributed by atoms with van der Waals surface area (Å²) in [6.45, 7) is 3.91. The Hall–Kier alpha value is -2.37. The van der Waals surface area contributed by atoms with Crippen molar-refractivity contribution in [3.05, 3.63) is 35.4 Å². The Morgan fingerprint density at radius 1 is 1.29 bits per heavy atom. The molecule has 0 radical (unpaired) electrons. The first kappa shape index (κ1) is 15.0. The maximum Gasteiger partial charge on any atom is 0.365 e. The number of carbonyl (C=O) groups excluding carboxylic acids is 2. The number of rotatable bonds is 5. The van der Waals surface area contributed by atoms with Crippen LogP contribution in [0.25, 0.3) is 0 Å². The predicted molar refractivity (Wildman–Crippen MR) is 76.5 cm³/mol. The number of aryl methyl sites for hydroxylation is 1. The van der Waals surface area contributed by atoms with Crippen LogP contribution in [0.15, 0.2) is 29.4 Å². The summed E-state index contributed by atoms with van der Waals surface area (Å²) in [5.41, 5.74) is 6.26. The summed E-state index contributed by atoms with van der Waals surface area (Å²) in [6.07, 6.45) is 1.12. The van der Waals surface area contributed by atoms with Gasteiger partial charge in [0.15, 0.2) is 5.84 Å². The molecule has 0 heterocycles. The van der Waals surface area contributed by atoms with Gasteiger partial charge in [-0.3, -0.25) is 4.79 Å². The van der Waals surface area contributed by atoms with E-state index < -0.39 is 17.4 Å². The van der Waals surface area contributed by atoms with Crippen molar-refractivity contribution in [1.29, 1.82) is 0 Å². The molecule has 1 aliphatic carbocycles. The molecule has 112 valence electrons. The topological polar surface area (TPSA) is 91.0 Å². The smallest absolute Gasteiger partial charge is 0.365 e. The SMILES string of the molecule is CCOC(=O)C1(/C(N)=N/OC(=O)c2ccc(C)cc2)CC1. The highest BCUT2D eigenvalue weighted by Gasteiger charge is 2.55. The van der Waals surface area contributed by atoms with Crippen molar-refractivity contribution in [2.45, 2.75) is 26.7 Å². The number of oxime groups is 1. The molecule has 0 bridgehead atoms. The first-order valence-corrected chi connectivity index (χ1v) is 6.79. The van der Waals surface area contributed by atoms with Crippen molar-refractivity contribution in [3.8, 4) is 0 Å². The van der Waals surface area contributed by atoms with Crippen molar-refractivity contribution >= 4 is 17.8 Å². The Bertz CT molecular complexity index is 574. The molecule has 1 fully saturated rings. The monoisotopic (exact) mass is 290 g/mol. The molecule has 1 aromatic rings. The fraction of sp³-hybridized carbons (Fsp3) is 0.400. The molecule has 1 aromatic carbocycles. The van der Waals surface area contributed by atoms with Crippen LogP contribution in [0.5, 0.6) is 0 Å².